The molecule has 0 aliphatic carbocycles. The summed E-state index contributed by atoms with van der Waals surface area (Å²) in [6.07, 6.45) is -0.999. The maximum absolute atomic E-state index is 12.6. The molecule has 1 saturated heterocycles. The lowest BCUT2D eigenvalue weighted by molar-refractivity contribution is -0.137. The highest BCUT2D eigenvalue weighted by molar-refractivity contribution is 5.42. The summed E-state index contributed by atoms with van der Waals surface area (Å²) in [5, 5.41) is 8.80. The topological polar surface area (TPSA) is 39.9 Å². The van der Waals surface area contributed by atoms with Gasteiger partial charge in [-0.25, -0.2) is 4.98 Å². The van der Waals surface area contributed by atoms with Crippen molar-refractivity contribution in [3.05, 3.63) is 59.3 Å². The van der Waals surface area contributed by atoms with E-state index in [0.29, 0.717) is 5.56 Å². The number of halogens is 3. The molecular weight excluding hydrogens is 315 g/mol. The van der Waals surface area contributed by atoms with Crippen molar-refractivity contribution < 1.29 is 13.2 Å². The van der Waals surface area contributed by atoms with E-state index in [9.17, 15) is 13.2 Å². The van der Waals surface area contributed by atoms with Crippen molar-refractivity contribution in [3.8, 4) is 6.07 Å². The first-order chi connectivity index (χ1) is 11.5. The molecule has 2 heterocycles. The lowest BCUT2D eigenvalue weighted by Gasteiger charge is -2.33. The maximum Gasteiger partial charge on any atom is 0.416 e. The Balaban J connectivity index is 1.63. The molecule has 0 bridgehead atoms. The molecule has 0 atom stereocenters. The molecule has 1 aliphatic rings. The maximum atomic E-state index is 12.6. The molecule has 0 amide bonds. The number of nitriles is 1. The summed E-state index contributed by atoms with van der Waals surface area (Å²) < 4.78 is 37.9. The molecule has 0 N–H and O–H groups in total. The highest BCUT2D eigenvalue weighted by Gasteiger charge is 2.30. The Morgan fingerprint density at radius 1 is 1.04 bits per heavy atom. The van der Waals surface area contributed by atoms with E-state index in [1.54, 1.807) is 24.4 Å². The van der Waals surface area contributed by atoms with Crippen LogP contribution in [0.3, 0.4) is 0 Å². The third kappa shape index (κ3) is 3.51. The quantitative estimate of drug-likeness (QED) is 0.821. The van der Waals surface area contributed by atoms with Gasteiger partial charge in [0.25, 0.3) is 0 Å². The predicted octanol–water partition coefficient (Wildman–Crippen LogP) is 4.36. The largest absolute Gasteiger partial charge is 0.416 e. The van der Waals surface area contributed by atoms with Gasteiger partial charge in [0.15, 0.2) is 0 Å². The zero-order chi connectivity index (χ0) is 17.2. The highest BCUT2D eigenvalue weighted by Crippen LogP contribution is 2.33. The molecular formula is C18H16F3N3. The molecule has 1 fully saturated rings. The molecule has 2 aromatic rings. The van der Waals surface area contributed by atoms with Crippen LogP contribution in [0.1, 0.15) is 35.4 Å². The Hall–Kier alpha value is -2.55. The van der Waals surface area contributed by atoms with Crippen LogP contribution >= 0.6 is 0 Å². The number of anilines is 1. The van der Waals surface area contributed by atoms with Gasteiger partial charge in [-0.05, 0) is 48.6 Å². The van der Waals surface area contributed by atoms with Crippen LogP contribution < -0.4 is 4.90 Å². The van der Waals surface area contributed by atoms with Crippen LogP contribution in [0.2, 0.25) is 0 Å². The summed E-state index contributed by atoms with van der Waals surface area (Å²) in [7, 11) is 0. The Bertz CT molecular complexity index is 722. The molecule has 1 aromatic heterocycles. The second-order valence-electron chi connectivity index (χ2n) is 5.90. The van der Waals surface area contributed by atoms with Gasteiger partial charge in [0.2, 0.25) is 0 Å². The first-order valence-electron chi connectivity index (χ1n) is 7.75. The molecule has 0 spiro atoms. The van der Waals surface area contributed by atoms with E-state index < -0.39 is 11.7 Å². The molecule has 3 rings (SSSR count). The van der Waals surface area contributed by atoms with Crippen molar-refractivity contribution >= 4 is 5.82 Å². The summed E-state index contributed by atoms with van der Waals surface area (Å²) in [5.41, 5.74) is 0.874. The second-order valence-corrected chi connectivity index (χ2v) is 5.90. The van der Waals surface area contributed by atoms with E-state index in [0.717, 1.165) is 49.4 Å². The average molecular weight is 331 g/mol. The van der Waals surface area contributed by atoms with E-state index in [1.165, 1.54) is 0 Å². The van der Waals surface area contributed by atoms with Crippen LogP contribution in [-0.2, 0) is 6.18 Å². The number of benzene rings is 1. The highest BCUT2D eigenvalue weighted by atomic mass is 19.4. The normalized spacial score (nSPS) is 16.0. The number of alkyl halides is 3. The van der Waals surface area contributed by atoms with Gasteiger partial charge in [-0.1, -0.05) is 12.1 Å². The van der Waals surface area contributed by atoms with Gasteiger partial charge in [0, 0.05) is 19.3 Å². The first kappa shape index (κ1) is 16.3. The lowest BCUT2D eigenvalue weighted by atomic mass is 9.89. The number of rotatable bonds is 2. The van der Waals surface area contributed by atoms with Gasteiger partial charge in [0.1, 0.15) is 11.9 Å². The van der Waals surface area contributed by atoms with Crippen LogP contribution in [0.4, 0.5) is 19.0 Å². The smallest absolute Gasteiger partial charge is 0.357 e. The number of piperidine rings is 1. The Morgan fingerprint density at radius 2 is 1.71 bits per heavy atom. The average Bonchev–Trinajstić information content (AvgIpc) is 2.61. The minimum absolute atomic E-state index is 0.266. The van der Waals surface area contributed by atoms with Crippen molar-refractivity contribution in [1.82, 2.24) is 4.98 Å². The van der Waals surface area contributed by atoms with Crippen LogP contribution in [0.25, 0.3) is 0 Å². The predicted molar refractivity (Wildman–Crippen MR) is 84.6 cm³/mol. The van der Waals surface area contributed by atoms with Crippen molar-refractivity contribution in [2.24, 2.45) is 0 Å². The number of hydrogen-bond donors (Lipinski definition) is 0. The molecule has 0 radical (unpaired) electrons. The van der Waals surface area contributed by atoms with E-state index in [4.69, 9.17) is 5.26 Å². The van der Waals surface area contributed by atoms with Crippen LogP contribution in [0.15, 0.2) is 42.6 Å². The van der Waals surface area contributed by atoms with E-state index >= 15 is 0 Å². The zero-order valence-corrected chi connectivity index (χ0v) is 12.9. The summed E-state index contributed by atoms with van der Waals surface area (Å²) in [6, 6.07) is 11.1. The van der Waals surface area contributed by atoms with Crippen molar-refractivity contribution in [1.29, 1.82) is 5.26 Å². The third-order valence-corrected chi connectivity index (χ3v) is 4.41. The fraction of sp³-hybridized carbons (Fsp3) is 0.333. The molecule has 0 saturated carbocycles. The van der Waals surface area contributed by atoms with Crippen molar-refractivity contribution in [3.63, 3.8) is 0 Å². The van der Waals surface area contributed by atoms with Gasteiger partial charge in [-0.15, -0.1) is 0 Å². The standard InChI is InChI=1S/C18H16F3N3/c19-18(20,21)16-4-2-14(3-5-16)15-7-9-24(10-8-15)17-6-1-13(11-22)12-23-17/h1-6,12,15H,7-10H2. The summed E-state index contributed by atoms with van der Waals surface area (Å²) in [6.45, 7) is 1.59. The van der Waals surface area contributed by atoms with Gasteiger partial charge in [-0.2, -0.15) is 18.4 Å². The molecule has 3 nitrogen and oxygen atoms in total. The summed E-state index contributed by atoms with van der Waals surface area (Å²) in [4.78, 5) is 6.43. The van der Waals surface area contributed by atoms with Gasteiger partial charge >= 0.3 is 6.18 Å². The lowest BCUT2D eigenvalue weighted by Crippen LogP contribution is -2.33. The number of nitrogens with zero attached hydrogens (tertiary/aromatic N) is 3. The third-order valence-electron chi connectivity index (χ3n) is 4.41. The molecule has 124 valence electrons. The molecule has 6 heteroatoms. The number of aromatic nitrogens is 1. The van der Waals surface area contributed by atoms with Gasteiger partial charge in [0.05, 0.1) is 11.1 Å². The fourth-order valence-corrected chi connectivity index (χ4v) is 3.03. The van der Waals surface area contributed by atoms with Crippen LogP contribution in [0.5, 0.6) is 0 Å². The van der Waals surface area contributed by atoms with Gasteiger partial charge < -0.3 is 4.90 Å². The summed E-state index contributed by atoms with van der Waals surface area (Å²) in [5.74, 6) is 1.10. The monoisotopic (exact) mass is 331 g/mol. The van der Waals surface area contributed by atoms with Crippen LogP contribution in [0, 0.1) is 11.3 Å². The fourth-order valence-electron chi connectivity index (χ4n) is 3.03. The minimum Gasteiger partial charge on any atom is -0.357 e. The second kappa shape index (κ2) is 6.52. The Labute approximate surface area is 138 Å². The van der Waals surface area contributed by atoms with Gasteiger partial charge in [-0.3, -0.25) is 0 Å². The minimum atomic E-state index is -4.29. The van der Waals surface area contributed by atoms with Crippen LogP contribution in [-0.4, -0.2) is 18.1 Å². The van der Waals surface area contributed by atoms with E-state index in [-0.39, 0.29) is 5.92 Å². The van der Waals surface area contributed by atoms with E-state index in [1.807, 2.05) is 12.1 Å². The number of pyridine rings is 1. The molecule has 24 heavy (non-hydrogen) atoms. The van der Waals surface area contributed by atoms with Crippen molar-refractivity contribution in [2.45, 2.75) is 24.9 Å². The first-order valence-corrected chi connectivity index (χ1v) is 7.75. The Kier molecular flexibility index (Phi) is 4.43. The summed E-state index contributed by atoms with van der Waals surface area (Å²) >= 11 is 0. The SMILES string of the molecule is N#Cc1ccc(N2CCC(c3ccc(C(F)(F)F)cc3)CC2)nc1. The zero-order valence-electron chi connectivity index (χ0n) is 12.9. The molecule has 1 aliphatic heterocycles. The molecule has 1 aromatic carbocycles. The molecule has 0 unspecified atom stereocenters. The Morgan fingerprint density at radius 3 is 2.21 bits per heavy atom. The van der Waals surface area contributed by atoms with E-state index in [2.05, 4.69) is 9.88 Å². The van der Waals surface area contributed by atoms with Crippen molar-refractivity contribution in [2.75, 3.05) is 18.0 Å². The number of hydrogen-bond acceptors (Lipinski definition) is 3.